The quantitative estimate of drug-likeness (QED) is 0.690. The summed E-state index contributed by atoms with van der Waals surface area (Å²) in [5.41, 5.74) is 0. The normalized spacial score (nSPS) is 16.1. The zero-order valence-electron chi connectivity index (χ0n) is 6.23. The molecule has 0 saturated carbocycles. The molecule has 0 aromatic carbocycles. The third-order valence-electron chi connectivity index (χ3n) is 1.31. The molecule has 0 fully saturated rings. The zero-order valence-corrected chi connectivity index (χ0v) is 7.80. The van der Waals surface area contributed by atoms with Crippen molar-refractivity contribution in [1.29, 1.82) is 0 Å². The van der Waals surface area contributed by atoms with Crippen LogP contribution in [-0.2, 0) is 9.05 Å². The highest BCUT2D eigenvalue weighted by molar-refractivity contribution is 8.14. The molecule has 0 rings (SSSR count). The molecule has 0 heterocycles. The van der Waals surface area contributed by atoms with Crippen LogP contribution in [0.4, 0.5) is 13.2 Å². The Labute approximate surface area is 73.1 Å². The monoisotopic (exact) mass is 224 g/mol. The Hall–Kier alpha value is 0.0300. The average molecular weight is 225 g/mol. The SMILES string of the molecule is CC(CCC(F)(F)F)S(=O)(=O)Cl. The van der Waals surface area contributed by atoms with E-state index in [0.29, 0.717) is 0 Å². The van der Waals surface area contributed by atoms with Crippen molar-refractivity contribution in [1.82, 2.24) is 0 Å². The topological polar surface area (TPSA) is 34.1 Å². The number of hydrogen-bond donors (Lipinski definition) is 0. The first-order valence-corrected chi connectivity index (χ1v) is 5.50. The van der Waals surface area contributed by atoms with Gasteiger partial charge in [0.2, 0.25) is 9.05 Å². The van der Waals surface area contributed by atoms with Gasteiger partial charge in [-0.2, -0.15) is 13.2 Å². The molecule has 0 spiro atoms. The molecule has 2 nitrogen and oxygen atoms in total. The van der Waals surface area contributed by atoms with Crippen LogP contribution in [0.15, 0.2) is 0 Å². The standard InChI is InChI=1S/C5H8ClF3O2S/c1-4(12(6,10)11)2-3-5(7,8)9/h4H,2-3H2,1H3. The molecular weight excluding hydrogens is 217 g/mol. The van der Waals surface area contributed by atoms with E-state index in [-0.39, 0.29) is 0 Å². The summed E-state index contributed by atoms with van der Waals surface area (Å²) >= 11 is 0. The molecule has 0 aliphatic heterocycles. The Kier molecular flexibility index (Phi) is 3.84. The number of alkyl halides is 3. The fraction of sp³-hybridized carbons (Fsp3) is 1.00. The van der Waals surface area contributed by atoms with E-state index in [0.717, 1.165) is 6.92 Å². The van der Waals surface area contributed by atoms with Gasteiger partial charge in [-0.15, -0.1) is 0 Å². The first kappa shape index (κ1) is 12.0. The maximum Gasteiger partial charge on any atom is 0.389 e. The van der Waals surface area contributed by atoms with Gasteiger partial charge in [0.05, 0.1) is 5.25 Å². The lowest BCUT2D eigenvalue weighted by Crippen LogP contribution is -2.16. The van der Waals surface area contributed by atoms with Crippen LogP contribution < -0.4 is 0 Å². The molecule has 1 unspecified atom stereocenters. The first-order chi connectivity index (χ1) is 5.13. The Morgan fingerprint density at radius 2 is 1.83 bits per heavy atom. The fourth-order valence-electron chi connectivity index (χ4n) is 0.508. The summed E-state index contributed by atoms with van der Waals surface area (Å²) in [6, 6.07) is 0. The van der Waals surface area contributed by atoms with E-state index >= 15 is 0 Å². The fourth-order valence-corrected chi connectivity index (χ4v) is 1.17. The van der Waals surface area contributed by atoms with Gasteiger partial charge in [-0.3, -0.25) is 0 Å². The van der Waals surface area contributed by atoms with E-state index in [2.05, 4.69) is 0 Å². The molecule has 1 atom stereocenters. The maximum atomic E-state index is 11.6. The smallest absolute Gasteiger partial charge is 0.212 e. The third-order valence-corrected chi connectivity index (χ3v) is 3.42. The third kappa shape index (κ3) is 5.65. The van der Waals surface area contributed by atoms with Gasteiger partial charge in [0.1, 0.15) is 0 Å². The molecule has 74 valence electrons. The predicted octanol–water partition coefficient (Wildman–Crippen LogP) is 2.29. The zero-order chi connectivity index (χ0) is 9.99. The van der Waals surface area contributed by atoms with Gasteiger partial charge in [-0.25, -0.2) is 8.42 Å². The lowest BCUT2D eigenvalue weighted by molar-refractivity contribution is -0.135. The molecule has 0 bridgehead atoms. The average Bonchev–Trinajstić information content (AvgIpc) is 1.78. The summed E-state index contributed by atoms with van der Waals surface area (Å²) in [5.74, 6) is 0. The van der Waals surface area contributed by atoms with Gasteiger partial charge in [-0.1, -0.05) is 0 Å². The van der Waals surface area contributed by atoms with Gasteiger partial charge in [0.15, 0.2) is 0 Å². The molecule has 0 N–H and O–H groups in total. The molecule has 0 aliphatic rings. The number of halogens is 4. The second-order valence-corrected chi connectivity index (χ2v) is 5.49. The minimum atomic E-state index is -4.32. The molecule has 0 aromatic heterocycles. The van der Waals surface area contributed by atoms with Gasteiger partial charge >= 0.3 is 6.18 Å². The van der Waals surface area contributed by atoms with Crippen LogP contribution in [0.3, 0.4) is 0 Å². The highest BCUT2D eigenvalue weighted by Crippen LogP contribution is 2.24. The molecule has 0 aliphatic carbocycles. The first-order valence-electron chi connectivity index (χ1n) is 3.13. The van der Waals surface area contributed by atoms with Crippen molar-refractivity contribution in [3.8, 4) is 0 Å². The summed E-state index contributed by atoms with van der Waals surface area (Å²) in [7, 11) is 0.964. The van der Waals surface area contributed by atoms with Gasteiger partial charge in [0.25, 0.3) is 0 Å². The van der Waals surface area contributed by atoms with Gasteiger partial charge in [0, 0.05) is 17.1 Å². The van der Waals surface area contributed by atoms with Gasteiger partial charge < -0.3 is 0 Å². The number of rotatable bonds is 3. The lowest BCUT2D eigenvalue weighted by Gasteiger charge is -2.09. The van der Waals surface area contributed by atoms with E-state index in [9.17, 15) is 21.6 Å². The van der Waals surface area contributed by atoms with E-state index in [4.69, 9.17) is 10.7 Å². The van der Waals surface area contributed by atoms with Crippen LogP contribution >= 0.6 is 10.7 Å². The maximum absolute atomic E-state index is 11.6. The molecule has 0 amide bonds. The Morgan fingerprint density at radius 3 is 2.08 bits per heavy atom. The Morgan fingerprint density at radius 1 is 1.42 bits per heavy atom. The second-order valence-electron chi connectivity index (χ2n) is 2.44. The predicted molar refractivity (Wildman–Crippen MR) is 39.5 cm³/mol. The van der Waals surface area contributed by atoms with Crippen molar-refractivity contribution >= 4 is 19.7 Å². The van der Waals surface area contributed by atoms with E-state index in [1.54, 1.807) is 0 Å². The summed E-state index contributed by atoms with van der Waals surface area (Å²) in [4.78, 5) is 0. The van der Waals surface area contributed by atoms with E-state index in [1.165, 1.54) is 0 Å². The Balaban J connectivity index is 3.98. The molecule has 12 heavy (non-hydrogen) atoms. The highest BCUT2D eigenvalue weighted by atomic mass is 35.7. The molecule has 7 heteroatoms. The van der Waals surface area contributed by atoms with Crippen LogP contribution in [0.1, 0.15) is 19.8 Å². The molecular formula is C5H8ClF3O2S. The largest absolute Gasteiger partial charge is 0.389 e. The Bertz CT molecular complexity index is 234. The second kappa shape index (κ2) is 3.83. The number of hydrogen-bond acceptors (Lipinski definition) is 2. The van der Waals surface area contributed by atoms with E-state index in [1.807, 2.05) is 0 Å². The van der Waals surface area contributed by atoms with Crippen LogP contribution in [0.2, 0.25) is 0 Å². The summed E-state index contributed by atoms with van der Waals surface area (Å²) in [6.45, 7) is 1.15. The van der Waals surface area contributed by atoms with Crippen molar-refractivity contribution < 1.29 is 21.6 Å². The van der Waals surface area contributed by atoms with Crippen molar-refractivity contribution in [3.63, 3.8) is 0 Å². The molecule has 0 radical (unpaired) electrons. The summed E-state index contributed by atoms with van der Waals surface area (Å²) < 4.78 is 55.6. The highest BCUT2D eigenvalue weighted by Gasteiger charge is 2.30. The summed E-state index contributed by atoms with van der Waals surface area (Å²) in [5, 5.41) is -1.15. The van der Waals surface area contributed by atoms with E-state index < -0.39 is 33.3 Å². The minimum absolute atomic E-state index is 0.491. The van der Waals surface area contributed by atoms with Crippen molar-refractivity contribution in [2.45, 2.75) is 31.2 Å². The van der Waals surface area contributed by atoms with Gasteiger partial charge in [-0.05, 0) is 13.3 Å². The minimum Gasteiger partial charge on any atom is -0.212 e. The summed E-state index contributed by atoms with van der Waals surface area (Å²) in [6.07, 6.45) is -5.94. The van der Waals surface area contributed by atoms with Crippen molar-refractivity contribution in [3.05, 3.63) is 0 Å². The van der Waals surface area contributed by atoms with Crippen LogP contribution in [0.5, 0.6) is 0 Å². The van der Waals surface area contributed by atoms with Crippen LogP contribution in [0, 0.1) is 0 Å². The van der Waals surface area contributed by atoms with Crippen molar-refractivity contribution in [2.24, 2.45) is 0 Å². The van der Waals surface area contributed by atoms with Crippen molar-refractivity contribution in [2.75, 3.05) is 0 Å². The van der Waals surface area contributed by atoms with Crippen LogP contribution in [0.25, 0.3) is 0 Å². The lowest BCUT2D eigenvalue weighted by atomic mass is 10.2. The molecule has 0 saturated heterocycles. The van der Waals surface area contributed by atoms with Crippen LogP contribution in [-0.4, -0.2) is 19.8 Å². The molecule has 0 aromatic rings.